The van der Waals surface area contributed by atoms with Gasteiger partial charge in [-0.05, 0) is 28.8 Å². The van der Waals surface area contributed by atoms with Gasteiger partial charge in [-0.2, -0.15) is 10.1 Å². The van der Waals surface area contributed by atoms with E-state index in [1.165, 1.54) is 0 Å². The Bertz CT molecular complexity index is 1200. The minimum absolute atomic E-state index is 0.0257. The summed E-state index contributed by atoms with van der Waals surface area (Å²) in [6, 6.07) is 26.3. The topological polar surface area (TPSA) is 61.5 Å². The van der Waals surface area contributed by atoms with Gasteiger partial charge in [0.05, 0.1) is 18.9 Å². The first-order valence-electron chi connectivity index (χ1n) is 10.2. The number of benzene rings is 3. The van der Waals surface area contributed by atoms with Gasteiger partial charge in [0.15, 0.2) is 11.5 Å². The molecule has 0 radical (unpaired) electrons. The third-order valence-electron chi connectivity index (χ3n) is 5.39. The maximum Gasteiger partial charge on any atom is 0.248 e. The van der Waals surface area contributed by atoms with Crippen LogP contribution in [-0.4, -0.2) is 27.6 Å². The van der Waals surface area contributed by atoms with Crippen molar-refractivity contribution in [1.29, 1.82) is 0 Å². The number of aliphatic imine (C=N–C) groups is 1. The molecule has 1 aromatic heterocycles. The molecule has 0 amide bonds. The van der Waals surface area contributed by atoms with Crippen molar-refractivity contribution in [2.75, 3.05) is 7.11 Å². The molecule has 0 N–H and O–H groups in total. The molecule has 0 fully saturated rings. The molecule has 6 heteroatoms. The quantitative estimate of drug-likeness (QED) is 0.450. The number of nitrogens with zero attached hydrogens (tertiary/aromatic N) is 4. The lowest BCUT2D eigenvalue weighted by Gasteiger charge is -2.24. The van der Waals surface area contributed by atoms with Crippen LogP contribution in [0.1, 0.15) is 29.2 Å². The number of ether oxygens (including phenoxy) is 2. The highest BCUT2D eigenvalue weighted by Crippen LogP contribution is 2.36. The molecular weight excluding hydrogens is 388 g/mol. The molecule has 1 aliphatic rings. The van der Waals surface area contributed by atoms with E-state index in [1.54, 1.807) is 13.4 Å². The number of hydrogen-bond acceptors (Lipinski definition) is 5. The summed E-state index contributed by atoms with van der Waals surface area (Å²) in [7, 11) is 1.66. The molecule has 1 unspecified atom stereocenters. The van der Waals surface area contributed by atoms with E-state index >= 15 is 0 Å². The standard InChI is InChI=1S/C25H22N4O2/c1-30-24-14-20(12-13-23(24)31-16-18-8-4-2-5-9-18)22-15-21(19-10-6-3-7-11-19)28-25-26-17-27-29(22)25/h2-14,17,22H,15-16H2,1H3. The molecule has 31 heavy (non-hydrogen) atoms. The highest BCUT2D eigenvalue weighted by atomic mass is 16.5. The summed E-state index contributed by atoms with van der Waals surface area (Å²) in [5, 5.41) is 4.42. The maximum atomic E-state index is 6.02. The molecule has 2 heterocycles. The Morgan fingerprint density at radius 3 is 2.48 bits per heavy atom. The van der Waals surface area contributed by atoms with E-state index in [0.29, 0.717) is 30.5 Å². The second kappa shape index (κ2) is 8.44. The normalized spacial score (nSPS) is 15.1. The van der Waals surface area contributed by atoms with Crippen LogP contribution in [0.4, 0.5) is 5.95 Å². The fourth-order valence-corrected chi connectivity index (χ4v) is 3.80. The van der Waals surface area contributed by atoms with Gasteiger partial charge in [-0.1, -0.05) is 66.7 Å². The largest absolute Gasteiger partial charge is 0.493 e. The minimum atomic E-state index is -0.0257. The zero-order valence-electron chi connectivity index (χ0n) is 17.2. The molecule has 0 saturated carbocycles. The van der Waals surface area contributed by atoms with Crippen LogP contribution in [0, 0.1) is 0 Å². The van der Waals surface area contributed by atoms with Gasteiger partial charge in [-0.25, -0.2) is 9.67 Å². The number of aromatic nitrogens is 3. The van der Waals surface area contributed by atoms with E-state index in [4.69, 9.17) is 14.5 Å². The minimum Gasteiger partial charge on any atom is -0.493 e. The molecule has 5 rings (SSSR count). The average molecular weight is 410 g/mol. The van der Waals surface area contributed by atoms with Gasteiger partial charge in [0, 0.05) is 6.42 Å². The number of rotatable bonds is 6. The fraction of sp³-hybridized carbons (Fsp3) is 0.160. The van der Waals surface area contributed by atoms with E-state index in [-0.39, 0.29) is 6.04 Å². The SMILES string of the molecule is COc1cc(C2CC(c3ccccc3)=Nc3ncnn32)ccc1OCc1ccccc1. The molecule has 1 atom stereocenters. The molecular formula is C25H22N4O2. The second-order valence-corrected chi connectivity index (χ2v) is 7.33. The zero-order valence-corrected chi connectivity index (χ0v) is 17.2. The van der Waals surface area contributed by atoms with E-state index in [1.807, 2.05) is 65.3 Å². The summed E-state index contributed by atoms with van der Waals surface area (Å²) in [4.78, 5) is 9.06. The molecule has 3 aromatic carbocycles. The van der Waals surface area contributed by atoms with Crippen LogP contribution in [0.5, 0.6) is 11.5 Å². The summed E-state index contributed by atoms with van der Waals surface area (Å²) < 4.78 is 13.5. The Morgan fingerprint density at radius 1 is 0.935 bits per heavy atom. The van der Waals surface area contributed by atoms with E-state index in [2.05, 4.69) is 28.3 Å². The van der Waals surface area contributed by atoms with Crippen molar-refractivity contribution in [3.63, 3.8) is 0 Å². The number of hydrogen-bond donors (Lipinski definition) is 0. The van der Waals surface area contributed by atoms with Gasteiger partial charge >= 0.3 is 0 Å². The van der Waals surface area contributed by atoms with Crippen LogP contribution in [0.2, 0.25) is 0 Å². The Hall–Kier alpha value is -3.93. The highest BCUT2D eigenvalue weighted by Gasteiger charge is 2.27. The Labute approximate surface area is 180 Å². The van der Waals surface area contributed by atoms with Crippen molar-refractivity contribution in [2.24, 2.45) is 4.99 Å². The van der Waals surface area contributed by atoms with Gasteiger partial charge < -0.3 is 9.47 Å². The van der Waals surface area contributed by atoms with Gasteiger partial charge in [-0.3, -0.25) is 0 Å². The Kier molecular flexibility index (Phi) is 5.19. The molecule has 0 spiro atoms. The fourth-order valence-electron chi connectivity index (χ4n) is 3.80. The molecule has 4 aromatic rings. The molecule has 1 aliphatic heterocycles. The van der Waals surface area contributed by atoms with Crippen molar-refractivity contribution in [3.05, 3.63) is 102 Å². The molecule has 0 bridgehead atoms. The third kappa shape index (κ3) is 3.92. The summed E-state index contributed by atoms with van der Waals surface area (Å²) in [5.74, 6) is 2.01. The maximum absolute atomic E-state index is 6.02. The van der Waals surface area contributed by atoms with Gasteiger partial charge in [-0.15, -0.1) is 0 Å². The van der Waals surface area contributed by atoms with Gasteiger partial charge in [0.1, 0.15) is 12.9 Å². The lowest BCUT2D eigenvalue weighted by molar-refractivity contribution is 0.284. The van der Waals surface area contributed by atoms with E-state index < -0.39 is 0 Å². The van der Waals surface area contributed by atoms with E-state index in [0.717, 1.165) is 22.4 Å². The third-order valence-corrected chi connectivity index (χ3v) is 5.39. The van der Waals surface area contributed by atoms with Crippen LogP contribution in [-0.2, 0) is 6.61 Å². The van der Waals surface area contributed by atoms with Crippen LogP contribution < -0.4 is 9.47 Å². The van der Waals surface area contributed by atoms with Crippen LogP contribution >= 0.6 is 0 Å². The Balaban J connectivity index is 1.44. The molecule has 0 saturated heterocycles. The summed E-state index contributed by atoms with van der Waals surface area (Å²) in [6.45, 7) is 0.484. The molecule has 154 valence electrons. The molecule has 0 aliphatic carbocycles. The summed E-state index contributed by atoms with van der Waals surface area (Å²) in [5.41, 5.74) is 4.27. The van der Waals surface area contributed by atoms with Crippen LogP contribution in [0.15, 0.2) is 90.2 Å². The Morgan fingerprint density at radius 2 is 1.71 bits per heavy atom. The summed E-state index contributed by atoms with van der Waals surface area (Å²) in [6.07, 6.45) is 2.27. The summed E-state index contributed by atoms with van der Waals surface area (Å²) >= 11 is 0. The van der Waals surface area contributed by atoms with Crippen molar-refractivity contribution in [2.45, 2.75) is 19.1 Å². The average Bonchev–Trinajstić information content (AvgIpc) is 3.32. The van der Waals surface area contributed by atoms with Crippen molar-refractivity contribution in [3.8, 4) is 11.5 Å². The monoisotopic (exact) mass is 410 g/mol. The van der Waals surface area contributed by atoms with Crippen LogP contribution in [0.25, 0.3) is 0 Å². The number of methoxy groups -OCH3 is 1. The lowest BCUT2D eigenvalue weighted by atomic mass is 9.96. The smallest absolute Gasteiger partial charge is 0.248 e. The van der Waals surface area contributed by atoms with E-state index in [9.17, 15) is 0 Å². The first kappa shape index (κ1) is 19.1. The molecule has 6 nitrogen and oxygen atoms in total. The lowest BCUT2D eigenvalue weighted by Crippen LogP contribution is -2.21. The predicted molar refractivity (Wildman–Crippen MR) is 119 cm³/mol. The first-order valence-corrected chi connectivity index (χ1v) is 10.2. The highest BCUT2D eigenvalue weighted by molar-refractivity contribution is 6.02. The first-order chi connectivity index (χ1) is 15.3. The van der Waals surface area contributed by atoms with Gasteiger partial charge in [0.25, 0.3) is 0 Å². The van der Waals surface area contributed by atoms with Crippen molar-refractivity contribution >= 4 is 11.7 Å². The second-order valence-electron chi connectivity index (χ2n) is 7.33. The van der Waals surface area contributed by atoms with Crippen molar-refractivity contribution in [1.82, 2.24) is 14.8 Å². The zero-order chi connectivity index (χ0) is 21.0. The van der Waals surface area contributed by atoms with Crippen LogP contribution in [0.3, 0.4) is 0 Å². The number of fused-ring (bicyclic) bond motifs is 1. The van der Waals surface area contributed by atoms with Gasteiger partial charge in [0.2, 0.25) is 5.95 Å². The van der Waals surface area contributed by atoms with Crippen molar-refractivity contribution < 1.29 is 9.47 Å². The predicted octanol–water partition coefficient (Wildman–Crippen LogP) is 4.98.